The van der Waals surface area contributed by atoms with Crippen molar-refractivity contribution >= 4 is 0 Å². The fourth-order valence-corrected chi connectivity index (χ4v) is 1.59. The second-order valence-corrected chi connectivity index (χ2v) is 4.05. The molecular weight excluding hydrogens is 216 g/mol. The van der Waals surface area contributed by atoms with Crippen LogP contribution in [0.1, 0.15) is 12.6 Å². The van der Waals surface area contributed by atoms with Crippen molar-refractivity contribution in [1.82, 2.24) is 10.3 Å². The Morgan fingerprint density at radius 2 is 2.18 bits per heavy atom. The first-order valence-electron chi connectivity index (χ1n) is 5.60. The molecule has 0 aliphatic rings. The van der Waals surface area contributed by atoms with Crippen LogP contribution >= 0.6 is 0 Å². The van der Waals surface area contributed by atoms with Crippen LogP contribution < -0.4 is 5.32 Å². The van der Waals surface area contributed by atoms with Gasteiger partial charge in [0.2, 0.25) is 5.89 Å². The van der Waals surface area contributed by atoms with Gasteiger partial charge in [-0.15, -0.1) is 0 Å². The number of nitrogens with one attached hydrogen (secondary N) is 1. The molecule has 0 fully saturated rings. The number of phenols is 1. The molecule has 2 aromatic rings. The molecule has 1 atom stereocenters. The molecule has 90 valence electrons. The van der Waals surface area contributed by atoms with Crippen molar-refractivity contribution in [3.8, 4) is 17.2 Å². The molecule has 0 aliphatic carbocycles. The van der Waals surface area contributed by atoms with Crippen molar-refractivity contribution in [2.24, 2.45) is 0 Å². The minimum atomic E-state index is 0.183. The Hall–Kier alpha value is -1.81. The maximum atomic E-state index is 9.69. The number of oxazole rings is 1. The van der Waals surface area contributed by atoms with Gasteiger partial charge in [-0.25, -0.2) is 4.98 Å². The summed E-state index contributed by atoms with van der Waals surface area (Å²) in [7, 11) is 1.91. The molecule has 2 N–H and O–H groups in total. The summed E-state index contributed by atoms with van der Waals surface area (Å²) in [6.45, 7) is 2.08. The zero-order chi connectivity index (χ0) is 12.3. The minimum absolute atomic E-state index is 0.183. The first-order valence-corrected chi connectivity index (χ1v) is 5.60. The number of hydrogen-bond acceptors (Lipinski definition) is 4. The van der Waals surface area contributed by atoms with Crippen molar-refractivity contribution in [3.63, 3.8) is 0 Å². The first kappa shape index (κ1) is 11.7. The maximum absolute atomic E-state index is 9.69. The highest BCUT2D eigenvalue weighted by Gasteiger charge is 2.11. The smallest absolute Gasteiger partial charge is 0.229 e. The molecule has 1 aromatic carbocycles. The van der Waals surface area contributed by atoms with Gasteiger partial charge in [0.25, 0.3) is 0 Å². The summed E-state index contributed by atoms with van der Waals surface area (Å²) in [5.41, 5.74) is 1.50. The number of para-hydroxylation sites is 1. The lowest BCUT2D eigenvalue weighted by molar-refractivity contribution is 0.473. The van der Waals surface area contributed by atoms with Gasteiger partial charge in [-0.2, -0.15) is 0 Å². The van der Waals surface area contributed by atoms with E-state index in [1.54, 1.807) is 24.5 Å². The van der Waals surface area contributed by atoms with Crippen LogP contribution in [0, 0.1) is 0 Å². The summed E-state index contributed by atoms with van der Waals surface area (Å²) in [6.07, 6.45) is 2.43. The third kappa shape index (κ3) is 2.65. The van der Waals surface area contributed by atoms with Gasteiger partial charge in [0.05, 0.1) is 11.3 Å². The van der Waals surface area contributed by atoms with Gasteiger partial charge in [-0.1, -0.05) is 12.1 Å². The second-order valence-electron chi connectivity index (χ2n) is 4.05. The molecule has 4 heteroatoms. The lowest BCUT2D eigenvalue weighted by Crippen LogP contribution is -2.23. The summed E-state index contributed by atoms with van der Waals surface area (Å²) in [5, 5.41) is 12.8. The van der Waals surface area contributed by atoms with Crippen molar-refractivity contribution < 1.29 is 9.52 Å². The van der Waals surface area contributed by atoms with Crippen LogP contribution in [0.15, 0.2) is 34.9 Å². The minimum Gasteiger partial charge on any atom is -0.507 e. The first-order chi connectivity index (χ1) is 8.20. The molecule has 0 bridgehead atoms. The van der Waals surface area contributed by atoms with Crippen LogP contribution in [0.2, 0.25) is 0 Å². The average Bonchev–Trinajstić information content (AvgIpc) is 2.78. The summed E-state index contributed by atoms with van der Waals surface area (Å²) < 4.78 is 5.38. The van der Waals surface area contributed by atoms with E-state index in [4.69, 9.17) is 4.42 Å². The average molecular weight is 232 g/mol. The number of phenolic OH excluding ortho intramolecular Hbond substituents is 1. The van der Waals surface area contributed by atoms with Crippen LogP contribution in [0.5, 0.6) is 5.75 Å². The molecule has 4 nitrogen and oxygen atoms in total. The molecule has 17 heavy (non-hydrogen) atoms. The highest BCUT2D eigenvalue weighted by molar-refractivity contribution is 5.61. The topological polar surface area (TPSA) is 58.3 Å². The van der Waals surface area contributed by atoms with Gasteiger partial charge in [-0.3, -0.25) is 0 Å². The van der Waals surface area contributed by atoms with Crippen LogP contribution in [0.4, 0.5) is 0 Å². The van der Waals surface area contributed by atoms with Gasteiger partial charge in [-0.05, 0) is 26.1 Å². The number of nitrogens with zero attached hydrogens (tertiary/aromatic N) is 1. The number of benzene rings is 1. The number of aromatic nitrogens is 1. The van der Waals surface area contributed by atoms with Crippen molar-refractivity contribution in [1.29, 1.82) is 0 Å². The van der Waals surface area contributed by atoms with Crippen LogP contribution in [-0.4, -0.2) is 23.2 Å². The van der Waals surface area contributed by atoms with Crippen LogP contribution in [0.25, 0.3) is 11.5 Å². The van der Waals surface area contributed by atoms with E-state index in [2.05, 4.69) is 17.2 Å². The summed E-state index contributed by atoms with van der Waals surface area (Å²) in [6, 6.07) is 7.36. The predicted molar refractivity (Wildman–Crippen MR) is 65.8 cm³/mol. The lowest BCUT2D eigenvalue weighted by atomic mass is 10.2. The molecule has 0 saturated heterocycles. The molecule has 2 rings (SSSR count). The largest absolute Gasteiger partial charge is 0.507 e. The normalized spacial score (nSPS) is 12.6. The van der Waals surface area contributed by atoms with Gasteiger partial charge >= 0.3 is 0 Å². The Morgan fingerprint density at radius 1 is 1.41 bits per heavy atom. The molecule has 0 amide bonds. The summed E-state index contributed by atoms with van der Waals surface area (Å²) >= 11 is 0. The number of rotatable bonds is 4. The Kier molecular flexibility index (Phi) is 3.44. The van der Waals surface area contributed by atoms with E-state index in [1.165, 1.54) is 0 Å². The summed E-state index contributed by atoms with van der Waals surface area (Å²) in [5.74, 6) is 0.643. The van der Waals surface area contributed by atoms with Crippen molar-refractivity contribution in [2.45, 2.75) is 19.4 Å². The van der Waals surface area contributed by atoms with E-state index in [0.717, 1.165) is 12.1 Å². The third-order valence-corrected chi connectivity index (χ3v) is 2.69. The van der Waals surface area contributed by atoms with Crippen molar-refractivity contribution in [3.05, 3.63) is 36.2 Å². The van der Waals surface area contributed by atoms with E-state index >= 15 is 0 Å². The monoisotopic (exact) mass is 232 g/mol. The predicted octanol–water partition coefficient (Wildman–Crippen LogP) is 2.20. The van der Waals surface area contributed by atoms with Crippen molar-refractivity contribution in [2.75, 3.05) is 7.05 Å². The number of likely N-dealkylation sites (N-methyl/N-ethyl adjacent to an activating group) is 1. The quantitative estimate of drug-likeness (QED) is 0.848. The SMILES string of the molecule is CNC(C)Cc1coc(-c2ccccc2O)n1. The maximum Gasteiger partial charge on any atom is 0.229 e. The Bertz CT molecular complexity index is 494. The Balaban J connectivity index is 2.21. The highest BCUT2D eigenvalue weighted by atomic mass is 16.3. The van der Waals surface area contributed by atoms with Crippen LogP contribution in [-0.2, 0) is 6.42 Å². The fourth-order valence-electron chi connectivity index (χ4n) is 1.59. The van der Waals surface area contributed by atoms with Gasteiger partial charge in [0.15, 0.2) is 0 Å². The van der Waals surface area contributed by atoms with E-state index in [-0.39, 0.29) is 5.75 Å². The molecule has 0 saturated carbocycles. The third-order valence-electron chi connectivity index (χ3n) is 2.69. The Labute approximate surface area is 100 Å². The zero-order valence-electron chi connectivity index (χ0n) is 9.97. The zero-order valence-corrected chi connectivity index (χ0v) is 9.97. The highest BCUT2D eigenvalue weighted by Crippen LogP contribution is 2.27. The molecule has 1 heterocycles. The molecule has 1 aromatic heterocycles. The second kappa shape index (κ2) is 5.01. The molecule has 0 aliphatic heterocycles. The number of hydrogen-bond donors (Lipinski definition) is 2. The van der Waals surface area contributed by atoms with Gasteiger partial charge in [0.1, 0.15) is 12.0 Å². The van der Waals surface area contributed by atoms with E-state index in [1.807, 2.05) is 13.1 Å². The molecule has 0 spiro atoms. The van der Waals surface area contributed by atoms with E-state index in [9.17, 15) is 5.11 Å². The molecule has 1 unspecified atom stereocenters. The van der Waals surface area contributed by atoms with Gasteiger partial charge < -0.3 is 14.8 Å². The van der Waals surface area contributed by atoms with Gasteiger partial charge in [0, 0.05) is 12.5 Å². The lowest BCUT2D eigenvalue weighted by Gasteiger charge is -2.05. The Morgan fingerprint density at radius 3 is 2.88 bits per heavy atom. The van der Waals surface area contributed by atoms with E-state index < -0.39 is 0 Å². The molecule has 0 radical (unpaired) electrons. The summed E-state index contributed by atoms with van der Waals surface area (Å²) in [4.78, 5) is 4.36. The van der Waals surface area contributed by atoms with E-state index in [0.29, 0.717) is 17.5 Å². The number of aromatic hydroxyl groups is 1. The van der Waals surface area contributed by atoms with Crippen LogP contribution in [0.3, 0.4) is 0 Å². The standard InChI is InChI=1S/C13H16N2O2/c1-9(14-2)7-10-8-17-13(15-10)11-5-3-4-6-12(11)16/h3-6,8-9,14,16H,7H2,1-2H3. The molecular formula is C13H16N2O2. The fraction of sp³-hybridized carbons (Fsp3) is 0.308.